The maximum absolute atomic E-state index is 12.4. The van der Waals surface area contributed by atoms with Gasteiger partial charge >= 0.3 is 10.4 Å². The summed E-state index contributed by atoms with van der Waals surface area (Å²) in [6.07, 6.45) is 0. The van der Waals surface area contributed by atoms with Crippen molar-refractivity contribution in [3.05, 3.63) is 0 Å². The number of hydrogen-bond donors (Lipinski definition) is 0. The molecule has 0 unspecified atom stereocenters. The topological polar surface area (TPSA) is 71.5 Å². The Labute approximate surface area is 75.9 Å². The van der Waals surface area contributed by atoms with Crippen LogP contribution >= 0.6 is 0 Å². The van der Waals surface area contributed by atoms with Crippen LogP contribution in [0.5, 0.6) is 0 Å². The van der Waals surface area contributed by atoms with Gasteiger partial charge in [-0.15, -0.1) is 0 Å². The van der Waals surface area contributed by atoms with Crippen molar-refractivity contribution in [2.75, 3.05) is 13.1 Å². The van der Waals surface area contributed by atoms with Crippen LogP contribution in [-0.2, 0) is 20.0 Å². The van der Waals surface area contributed by atoms with Crippen LogP contribution in [0.25, 0.3) is 0 Å². The number of carbonyl (C=O) groups excluding carboxylic acids is 2. The van der Waals surface area contributed by atoms with E-state index in [4.69, 9.17) is 0 Å². The number of nitrogens with zero attached hydrogens (tertiary/aromatic N) is 1. The Kier molecular flexibility index (Phi) is 4.15. The van der Waals surface area contributed by atoms with Gasteiger partial charge in [-0.1, -0.05) is 3.89 Å². The highest BCUT2D eigenvalue weighted by Crippen LogP contribution is 2.02. The van der Waals surface area contributed by atoms with Gasteiger partial charge in [-0.25, -0.2) is 0 Å². The first-order valence-corrected chi connectivity index (χ1v) is 4.76. The van der Waals surface area contributed by atoms with Gasteiger partial charge in [0.05, 0.1) is 13.1 Å². The summed E-state index contributed by atoms with van der Waals surface area (Å²) in [7, 11) is -4.96. The van der Waals surface area contributed by atoms with Crippen molar-refractivity contribution < 1.29 is 21.9 Å². The van der Waals surface area contributed by atoms with Crippen molar-refractivity contribution in [2.45, 2.75) is 13.8 Å². The summed E-state index contributed by atoms with van der Waals surface area (Å²) in [5, 5.41) is 0. The van der Waals surface area contributed by atoms with Gasteiger partial charge in [-0.05, 0) is 13.8 Å². The molecule has 0 saturated carbocycles. The highest BCUT2D eigenvalue weighted by molar-refractivity contribution is 7.84. The predicted octanol–water partition coefficient (Wildman–Crippen LogP) is -0.319. The SMILES string of the molecule is CC(=O)CN(CC(C)=O)S(=O)(=O)F. The molecule has 0 bridgehead atoms. The van der Waals surface area contributed by atoms with Crippen LogP contribution in [0, 0.1) is 0 Å². The van der Waals surface area contributed by atoms with Crippen LogP contribution in [0.4, 0.5) is 3.89 Å². The summed E-state index contributed by atoms with van der Waals surface area (Å²) in [4.78, 5) is 21.0. The molecule has 7 heteroatoms. The average molecular weight is 211 g/mol. The molecule has 0 aliphatic carbocycles. The standard InChI is InChI=1S/C6H10FNO4S/c1-5(9)3-8(4-6(2)10)13(7,11)12/h3-4H2,1-2H3. The van der Waals surface area contributed by atoms with Crippen LogP contribution in [0.2, 0.25) is 0 Å². The summed E-state index contributed by atoms with van der Waals surface area (Å²) < 4.78 is 33.3. The summed E-state index contributed by atoms with van der Waals surface area (Å²) in [6.45, 7) is 0.994. The molecule has 0 aliphatic heterocycles. The minimum atomic E-state index is -4.96. The maximum atomic E-state index is 12.4. The van der Waals surface area contributed by atoms with E-state index in [2.05, 4.69) is 0 Å². The molecule has 0 amide bonds. The molecule has 0 saturated heterocycles. The van der Waals surface area contributed by atoms with Crippen molar-refractivity contribution in [2.24, 2.45) is 0 Å². The minimum Gasteiger partial charge on any atom is -0.299 e. The van der Waals surface area contributed by atoms with Gasteiger partial charge in [0.2, 0.25) is 0 Å². The van der Waals surface area contributed by atoms with Gasteiger partial charge in [0, 0.05) is 0 Å². The van der Waals surface area contributed by atoms with Crippen LogP contribution in [0.3, 0.4) is 0 Å². The first-order valence-electron chi connectivity index (χ1n) is 3.42. The van der Waals surface area contributed by atoms with Gasteiger partial charge in [-0.2, -0.15) is 12.7 Å². The molecule has 76 valence electrons. The summed E-state index contributed by atoms with van der Waals surface area (Å²) in [5.41, 5.74) is 0. The van der Waals surface area contributed by atoms with Crippen molar-refractivity contribution >= 4 is 22.0 Å². The first kappa shape index (κ1) is 12.2. The molecule has 0 N–H and O–H groups in total. The van der Waals surface area contributed by atoms with E-state index in [-0.39, 0.29) is 4.31 Å². The number of ketones is 2. The Morgan fingerprint density at radius 3 is 1.62 bits per heavy atom. The van der Waals surface area contributed by atoms with Crippen molar-refractivity contribution in [3.63, 3.8) is 0 Å². The molecular weight excluding hydrogens is 201 g/mol. The molecule has 0 aromatic carbocycles. The number of carbonyl (C=O) groups is 2. The zero-order valence-corrected chi connectivity index (χ0v) is 8.10. The van der Waals surface area contributed by atoms with E-state index in [0.29, 0.717) is 0 Å². The fourth-order valence-electron chi connectivity index (χ4n) is 0.707. The van der Waals surface area contributed by atoms with E-state index >= 15 is 0 Å². The van der Waals surface area contributed by atoms with Crippen molar-refractivity contribution in [1.29, 1.82) is 0 Å². The molecule has 0 spiro atoms. The third-order valence-electron chi connectivity index (χ3n) is 1.11. The lowest BCUT2D eigenvalue weighted by molar-refractivity contribution is -0.119. The van der Waals surface area contributed by atoms with Crippen molar-refractivity contribution in [3.8, 4) is 0 Å². The van der Waals surface area contributed by atoms with Gasteiger partial charge in [-0.3, -0.25) is 9.59 Å². The molecule has 0 radical (unpaired) electrons. The Bertz CT molecular complexity index is 295. The second-order valence-corrected chi connectivity index (χ2v) is 3.95. The third kappa shape index (κ3) is 5.42. The minimum absolute atomic E-state index is 0.192. The zero-order chi connectivity index (χ0) is 10.6. The third-order valence-corrected chi connectivity index (χ3v) is 1.98. The molecule has 0 aliphatic rings. The summed E-state index contributed by atoms with van der Waals surface area (Å²) in [6, 6.07) is 0. The largest absolute Gasteiger partial charge is 0.375 e. The Morgan fingerprint density at radius 1 is 1.15 bits per heavy atom. The van der Waals surface area contributed by atoms with E-state index in [0.717, 1.165) is 13.8 Å². The Morgan fingerprint density at radius 2 is 1.46 bits per heavy atom. The van der Waals surface area contributed by atoms with E-state index in [1.165, 1.54) is 0 Å². The van der Waals surface area contributed by atoms with Crippen LogP contribution in [-0.4, -0.2) is 37.4 Å². The van der Waals surface area contributed by atoms with Crippen molar-refractivity contribution in [1.82, 2.24) is 4.31 Å². The Balaban J connectivity index is 4.57. The lowest BCUT2D eigenvalue weighted by atomic mass is 10.4. The second-order valence-electron chi connectivity index (χ2n) is 2.61. The number of rotatable bonds is 5. The fourth-order valence-corrected chi connectivity index (χ4v) is 1.38. The smallest absolute Gasteiger partial charge is 0.299 e. The number of Topliss-reactive ketones (excluding diaryl/α,β-unsaturated/α-hetero) is 2. The summed E-state index contributed by atoms with van der Waals surface area (Å²) >= 11 is 0. The van der Waals surface area contributed by atoms with E-state index in [1.54, 1.807) is 0 Å². The molecule has 0 fully saturated rings. The molecule has 13 heavy (non-hydrogen) atoms. The molecule has 0 aromatic heterocycles. The Hall–Kier alpha value is -0.820. The maximum Gasteiger partial charge on any atom is 0.375 e. The summed E-state index contributed by atoms with van der Waals surface area (Å²) in [5.74, 6) is -1.05. The monoisotopic (exact) mass is 211 g/mol. The van der Waals surface area contributed by atoms with Crippen LogP contribution < -0.4 is 0 Å². The highest BCUT2D eigenvalue weighted by atomic mass is 32.3. The molecule has 0 heterocycles. The predicted molar refractivity (Wildman–Crippen MR) is 43.0 cm³/mol. The van der Waals surface area contributed by atoms with E-state index in [1.807, 2.05) is 0 Å². The number of hydrogen-bond acceptors (Lipinski definition) is 4. The fraction of sp³-hybridized carbons (Fsp3) is 0.667. The quantitative estimate of drug-likeness (QED) is 0.584. The normalized spacial score (nSPS) is 11.7. The molecular formula is C6H10FNO4S. The lowest BCUT2D eigenvalue weighted by Crippen LogP contribution is -2.35. The van der Waals surface area contributed by atoms with Gasteiger partial charge in [0.1, 0.15) is 11.6 Å². The van der Waals surface area contributed by atoms with E-state index < -0.39 is 35.1 Å². The second kappa shape index (κ2) is 4.43. The van der Waals surface area contributed by atoms with Crippen LogP contribution in [0.1, 0.15) is 13.8 Å². The molecule has 5 nitrogen and oxygen atoms in total. The van der Waals surface area contributed by atoms with Gasteiger partial charge < -0.3 is 0 Å². The first-order chi connectivity index (χ1) is 5.73. The highest BCUT2D eigenvalue weighted by Gasteiger charge is 2.23. The van der Waals surface area contributed by atoms with Crippen LogP contribution in [0.15, 0.2) is 0 Å². The molecule has 0 rings (SSSR count). The lowest BCUT2D eigenvalue weighted by Gasteiger charge is -2.12. The van der Waals surface area contributed by atoms with E-state index in [9.17, 15) is 21.9 Å². The molecule has 0 aromatic rings. The average Bonchev–Trinajstić information content (AvgIpc) is 1.81. The number of halogens is 1. The zero-order valence-electron chi connectivity index (χ0n) is 7.28. The molecule has 0 atom stereocenters. The van der Waals surface area contributed by atoms with Gasteiger partial charge in [0.15, 0.2) is 0 Å². The van der Waals surface area contributed by atoms with Gasteiger partial charge in [0.25, 0.3) is 0 Å².